The van der Waals surface area contributed by atoms with E-state index in [0.717, 1.165) is 19.2 Å². The van der Waals surface area contributed by atoms with Crippen LogP contribution in [0.3, 0.4) is 0 Å². The lowest BCUT2D eigenvalue weighted by Gasteiger charge is -2.36. The second-order valence-corrected chi connectivity index (χ2v) is 4.81. The Morgan fingerprint density at radius 2 is 1.73 bits per heavy atom. The average molecular weight is 212 g/mol. The van der Waals surface area contributed by atoms with Crippen molar-refractivity contribution in [2.75, 3.05) is 46.4 Å². The van der Waals surface area contributed by atoms with Gasteiger partial charge in [-0.3, -0.25) is 0 Å². The van der Waals surface area contributed by atoms with Gasteiger partial charge in [0, 0.05) is 19.7 Å². The summed E-state index contributed by atoms with van der Waals surface area (Å²) in [7, 11) is 1.79. The van der Waals surface area contributed by atoms with Crippen LogP contribution in [0, 0.1) is 0 Å². The van der Waals surface area contributed by atoms with Crippen LogP contribution >= 0.6 is 0 Å². The molecule has 0 unspecified atom stereocenters. The highest BCUT2D eigenvalue weighted by Gasteiger charge is 2.25. The van der Waals surface area contributed by atoms with E-state index in [1.165, 1.54) is 51.9 Å². The fourth-order valence-electron chi connectivity index (χ4n) is 2.84. The Labute approximate surface area is 93.4 Å². The maximum atomic E-state index is 5.12. The molecule has 3 heteroatoms. The van der Waals surface area contributed by atoms with E-state index >= 15 is 0 Å². The Kier molecular flexibility index (Phi) is 4.42. The van der Waals surface area contributed by atoms with Crippen molar-refractivity contribution < 1.29 is 4.74 Å². The molecular formula is C12H24N2O. The van der Waals surface area contributed by atoms with Crippen molar-refractivity contribution in [2.24, 2.45) is 0 Å². The first kappa shape index (κ1) is 11.4. The molecule has 0 atom stereocenters. The predicted molar refractivity (Wildman–Crippen MR) is 62.1 cm³/mol. The van der Waals surface area contributed by atoms with Gasteiger partial charge < -0.3 is 14.5 Å². The van der Waals surface area contributed by atoms with E-state index in [0.29, 0.717) is 0 Å². The summed E-state index contributed by atoms with van der Waals surface area (Å²) in [5, 5.41) is 0. The highest BCUT2D eigenvalue weighted by atomic mass is 16.5. The zero-order valence-corrected chi connectivity index (χ0v) is 9.95. The number of piperidine rings is 1. The highest BCUT2D eigenvalue weighted by molar-refractivity contribution is 4.82. The summed E-state index contributed by atoms with van der Waals surface area (Å²) in [6.07, 6.45) is 5.57. The quantitative estimate of drug-likeness (QED) is 0.696. The van der Waals surface area contributed by atoms with Gasteiger partial charge >= 0.3 is 0 Å². The van der Waals surface area contributed by atoms with Crippen LogP contribution in [-0.4, -0.2) is 62.3 Å². The Morgan fingerprint density at radius 1 is 1.07 bits per heavy atom. The number of likely N-dealkylation sites (tertiary alicyclic amines) is 2. The summed E-state index contributed by atoms with van der Waals surface area (Å²) < 4.78 is 5.12. The van der Waals surface area contributed by atoms with Crippen LogP contribution < -0.4 is 0 Å². The lowest BCUT2D eigenvalue weighted by Crippen LogP contribution is -2.44. The first-order valence-corrected chi connectivity index (χ1v) is 6.35. The summed E-state index contributed by atoms with van der Waals surface area (Å²) in [6, 6.07) is 0.881. The molecule has 0 radical (unpaired) electrons. The van der Waals surface area contributed by atoms with Gasteiger partial charge in [-0.2, -0.15) is 0 Å². The molecule has 3 nitrogen and oxygen atoms in total. The van der Waals surface area contributed by atoms with E-state index in [4.69, 9.17) is 4.74 Å². The van der Waals surface area contributed by atoms with Gasteiger partial charge in [0.15, 0.2) is 0 Å². The maximum absolute atomic E-state index is 5.12. The molecule has 2 rings (SSSR count). The fourth-order valence-corrected chi connectivity index (χ4v) is 2.84. The maximum Gasteiger partial charge on any atom is 0.0589 e. The molecule has 2 saturated heterocycles. The largest absolute Gasteiger partial charge is 0.383 e. The highest BCUT2D eigenvalue weighted by Crippen LogP contribution is 2.20. The second-order valence-electron chi connectivity index (χ2n) is 4.81. The van der Waals surface area contributed by atoms with E-state index in [1.807, 2.05) is 0 Å². The molecule has 0 aromatic rings. The minimum atomic E-state index is 0.881. The van der Waals surface area contributed by atoms with E-state index in [2.05, 4.69) is 9.80 Å². The minimum Gasteiger partial charge on any atom is -0.383 e. The van der Waals surface area contributed by atoms with Gasteiger partial charge in [-0.1, -0.05) is 0 Å². The molecule has 0 amide bonds. The Hall–Kier alpha value is -0.120. The lowest BCUT2D eigenvalue weighted by molar-refractivity contribution is 0.0969. The SMILES string of the molecule is COCCN1CCC(N2CCCC2)CC1. The molecule has 2 heterocycles. The lowest BCUT2D eigenvalue weighted by atomic mass is 10.0. The number of hydrogen-bond donors (Lipinski definition) is 0. The number of nitrogens with zero attached hydrogens (tertiary/aromatic N) is 2. The van der Waals surface area contributed by atoms with E-state index < -0.39 is 0 Å². The zero-order chi connectivity index (χ0) is 10.5. The molecule has 2 aliphatic heterocycles. The van der Waals surface area contributed by atoms with Crippen LogP contribution in [0.4, 0.5) is 0 Å². The van der Waals surface area contributed by atoms with Crippen molar-refractivity contribution in [3.05, 3.63) is 0 Å². The van der Waals surface area contributed by atoms with Crippen LogP contribution in [0.1, 0.15) is 25.7 Å². The molecule has 0 aliphatic carbocycles. The second kappa shape index (κ2) is 5.83. The summed E-state index contributed by atoms with van der Waals surface area (Å²) in [5.41, 5.74) is 0. The standard InChI is InChI=1S/C12H24N2O/c1-15-11-10-13-8-4-12(5-9-13)14-6-2-3-7-14/h12H,2-11H2,1H3. The van der Waals surface area contributed by atoms with Gasteiger partial charge in [0.25, 0.3) is 0 Å². The topological polar surface area (TPSA) is 15.7 Å². The first-order valence-electron chi connectivity index (χ1n) is 6.35. The number of hydrogen-bond acceptors (Lipinski definition) is 3. The third kappa shape index (κ3) is 3.16. The molecule has 0 aromatic carbocycles. The molecule has 0 saturated carbocycles. The van der Waals surface area contributed by atoms with Crippen molar-refractivity contribution in [1.29, 1.82) is 0 Å². The Bertz CT molecular complexity index is 172. The number of rotatable bonds is 4. The van der Waals surface area contributed by atoms with Crippen LogP contribution in [0.2, 0.25) is 0 Å². The molecule has 88 valence electrons. The van der Waals surface area contributed by atoms with E-state index in [1.54, 1.807) is 7.11 Å². The van der Waals surface area contributed by atoms with Crippen LogP contribution in [0.15, 0.2) is 0 Å². The van der Waals surface area contributed by atoms with Gasteiger partial charge in [0.05, 0.1) is 6.61 Å². The zero-order valence-electron chi connectivity index (χ0n) is 9.95. The summed E-state index contributed by atoms with van der Waals surface area (Å²) in [4.78, 5) is 5.24. The predicted octanol–water partition coefficient (Wildman–Crippen LogP) is 1.19. The smallest absolute Gasteiger partial charge is 0.0589 e. The molecule has 0 N–H and O–H groups in total. The fraction of sp³-hybridized carbons (Fsp3) is 1.00. The van der Waals surface area contributed by atoms with Crippen molar-refractivity contribution in [1.82, 2.24) is 9.80 Å². The van der Waals surface area contributed by atoms with E-state index in [-0.39, 0.29) is 0 Å². The third-order valence-corrected chi connectivity index (χ3v) is 3.83. The van der Waals surface area contributed by atoms with Crippen molar-refractivity contribution >= 4 is 0 Å². The summed E-state index contributed by atoms with van der Waals surface area (Å²) in [6.45, 7) is 7.23. The number of ether oxygens (including phenoxy) is 1. The van der Waals surface area contributed by atoms with E-state index in [9.17, 15) is 0 Å². The van der Waals surface area contributed by atoms with Crippen molar-refractivity contribution in [2.45, 2.75) is 31.7 Å². The Balaban J connectivity index is 1.67. The molecule has 15 heavy (non-hydrogen) atoms. The van der Waals surface area contributed by atoms with Crippen LogP contribution in [-0.2, 0) is 4.74 Å². The monoisotopic (exact) mass is 212 g/mol. The van der Waals surface area contributed by atoms with Gasteiger partial charge in [-0.05, 0) is 51.9 Å². The van der Waals surface area contributed by atoms with Crippen molar-refractivity contribution in [3.63, 3.8) is 0 Å². The molecule has 0 aromatic heterocycles. The molecule has 2 aliphatic rings. The van der Waals surface area contributed by atoms with Gasteiger partial charge in [-0.25, -0.2) is 0 Å². The Morgan fingerprint density at radius 3 is 2.33 bits per heavy atom. The minimum absolute atomic E-state index is 0.881. The molecular weight excluding hydrogens is 188 g/mol. The van der Waals surface area contributed by atoms with Crippen LogP contribution in [0.5, 0.6) is 0 Å². The molecule has 0 spiro atoms. The van der Waals surface area contributed by atoms with Gasteiger partial charge in [-0.15, -0.1) is 0 Å². The normalized spacial score (nSPS) is 26.2. The third-order valence-electron chi connectivity index (χ3n) is 3.83. The van der Waals surface area contributed by atoms with Gasteiger partial charge in [0.2, 0.25) is 0 Å². The summed E-state index contributed by atoms with van der Waals surface area (Å²) >= 11 is 0. The summed E-state index contributed by atoms with van der Waals surface area (Å²) in [5.74, 6) is 0. The van der Waals surface area contributed by atoms with Crippen LogP contribution in [0.25, 0.3) is 0 Å². The molecule has 2 fully saturated rings. The first-order chi connectivity index (χ1) is 7.40. The average Bonchev–Trinajstić information content (AvgIpc) is 2.80. The van der Waals surface area contributed by atoms with Crippen molar-refractivity contribution in [3.8, 4) is 0 Å². The number of methoxy groups -OCH3 is 1. The molecule has 0 bridgehead atoms. The van der Waals surface area contributed by atoms with Gasteiger partial charge in [0.1, 0.15) is 0 Å².